The Labute approximate surface area is 109 Å². The molecule has 1 unspecified atom stereocenters. The number of benzene rings is 1. The van der Waals surface area contributed by atoms with Crippen molar-refractivity contribution in [2.24, 2.45) is 16.6 Å². The molecule has 5 nitrogen and oxygen atoms in total. The van der Waals surface area contributed by atoms with Gasteiger partial charge >= 0.3 is 6.03 Å². The summed E-state index contributed by atoms with van der Waals surface area (Å²) in [5.74, 6) is -0.118. The molecule has 2 amide bonds. The van der Waals surface area contributed by atoms with E-state index in [9.17, 15) is 14.3 Å². The van der Waals surface area contributed by atoms with Gasteiger partial charge in [0.1, 0.15) is 23.4 Å². The van der Waals surface area contributed by atoms with Gasteiger partial charge in [0.15, 0.2) is 0 Å². The molecular formula is C13H14FN3O2. The number of halogens is 1. The van der Waals surface area contributed by atoms with Crippen LogP contribution in [0, 0.1) is 11.7 Å². The number of phenols is 1. The third-order valence-corrected chi connectivity index (χ3v) is 3.43. The van der Waals surface area contributed by atoms with E-state index in [0.717, 1.165) is 18.9 Å². The van der Waals surface area contributed by atoms with Crippen LogP contribution in [0.1, 0.15) is 24.4 Å². The number of phenolic OH excluding ortho intramolecular Hbond substituents is 1. The van der Waals surface area contributed by atoms with Gasteiger partial charge in [-0.3, -0.25) is 0 Å². The Morgan fingerprint density at radius 2 is 2.16 bits per heavy atom. The highest BCUT2D eigenvalue weighted by Crippen LogP contribution is 2.36. The van der Waals surface area contributed by atoms with Crippen molar-refractivity contribution in [1.29, 1.82) is 0 Å². The summed E-state index contributed by atoms with van der Waals surface area (Å²) in [5.41, 5.74) is 6.22. The number of aromatic hydroxyl groups is 1. The van der Waals surface area contributed by atoms with Crippen molar-refractivity contribution in [3.05, 3.63) is 29.6 Å². The summed E-state index contributed by atoms with van der Waals surface area (Å²) >= 11 is 0. The van der Waals surface area contributed by atoms with E-state index in [4.69, 9.17) is 5.73 Å². The maximum Gasteiger partial charge on any atom is 0.346 e. The first-order valence-electron chi connectivity index (χ1n) is 6.18. The van der Waals surface area contributed by atoms with E-state index in [1.165, 1.54) is 12.1 Å². The zero-order chi connectivity index (χ0) is 13.6. The minimum Gasteiger partial charge on any atom is -0.508 e. The van der Waals surface area contributed by atoms with Crippen LogP contribution in [0.15, 0.2) is 23.2 Å². The molecule has 1 aromatic rings. The molecule has 0 aromatic heterocycles. The van der Waals surface area contributed by atoms with Gasteiger partial charge in [0.2, 0.25) is 0 Å². The summed E-state index contributed by atoms with van der Waals surface area (Å²) in [7, 11) is 0. The third-order valence-electron chi connectivity index (χ3n) is 3.43. The van der Waals surface area contributed by atoms with E-state index in [-0.39, 0.29) is 11.6 Å². The molecular weight excluding hydrogens is 249 g/mol. The van der Waals surface area contributed by atoms with E-state index in [2.05, 4.69) is 4.99 Å². The number of carbonyl (C=O) groups is 1. The lowest BCUT2D eigenvalue weighted by Gasteiger charge is -2.24. The number of aliphatic imine (C=N–C) groups is 1. The molecule has 1 aliphatic carbocycles. The molecule has 1 heterocycles. The van der Waals surface area contributed by atoms with Crippen molar-refractivity contribution in [2.45, 2.75) is 18.9 Å². The SMILES string of the molecule is NC1=NC(=O)N(CC2CC2)C1c1cc(O)cc(F)c1. The Balaban J connectivity index is 1.94. The highest BCUT2D eigenvalue weighted by molar-refractivity contribution is 6.03. The zero-order valence-corrected chi connectivity index (χ0v) is 10.2. The molecule has 0 bridgehead atoms. The summed E-state index contributed by atoms with van der Waals surface area (Å²) in [5, 5.41) is 9.46. The summed E-state index contributed by atoms with van der Waals surface area (Å²) in [4.78, 5) is 17.1. The first-order chi connectivity index (χ1) is 9.04. The monoisotopic (exact) mass is 263 g/mol. The van der Waals surface area contributed by atoms with Gasteiger partial charge in [-0.2, -0.15) is 4.99 Å². The number of urea groups is 1. The fourth-order valence-electron chi connectivity index (χ4n) is 2.37. The lowest BCUT2D eigenvalue weighted by atomic mass is 10.0. The van der Waals surface area contributed by atoms with Crippen LogP contribution in [-0.2, 0) is 0 Å². The van der Waals surface area contributed by atoms with Gasteiger partial charge in [0.05, 0.1) is 0 Å². The second-order valence-electron chi connectivity index (χ2n) is 5.06. The van der Waals surface area contributed by atoms with Crippen LogP contribution in [0.25, 0.3) is 0 Å². The molecule has 1 atom stereocenters. The van der Waals surface area contributed by atoms with E-state index < -0.39 is 17.9 Å². The van der Waals surface area contributed by atoms with E-state index in [1.54, 1.807) is 4.90 Å². The minimum absolute atomic E-state index is 0.149. The average molecular weight is 263 g/mol. The quantitative estimate of drug-likeness (QED) is 0.872. The molecule has 1 aliphatic heterocycles. The first kappa shape index (κ1) is 12.0. The van der Waals surface area contributed by atoms with Crippen LogP contribution in [0.2, 0.25) is 0 Å². The van der Waals surface area contributed by atoms with Crippen LogP contribution < -0.4 is 5.73 Å². The Kier molecular flexibility index (Phi) is 2.66. The lowest BCUT2D eigenvalue weighted by molar-refractivity contribution is 0.203. The number of nitrogens with two attached hydrogens (primary N) is 1. The number of rotatable bonds is 3. The van der Waals surface area contributed by atoms with Crippen molar-refractivity contribution in [2.75, 3.05) is 6.54 Å². The van der Waals surface area contributed by atoms with Crippen LogP contribution in [-0.4, -0.2) is 28.4 Å². The molecule has 1 aromatic carbocycles. The fraction of sp³-hybridized carbons (Fsp3) is 0.385. The van der Waals surface area contributed by atoms with Crippen molar-refractivity contribution < 1.29 is 14.3 Å². The van der Waals surface area contributed by atoms with Crippen molar-refractivity contribution >= 4 is 11.9 Å². The van der Waals surface area contributed by atoms with Crippen LogP contribution in [0.5, 0.6) is 5.75 Å². The Hall–Kier alpha value is -2.11. The minimum atomic E-state index is -0.574. The van der Waals surface area contributed by atoms with Crippen LogP contribution >= 0.6 is 0 Å². The van der Waals surface area contributed by atoms with Crippen molar-refractivity contribution in [3.63, 3.8) is 0 Å². The van der Waals surface area contributed by atoms with E-state index in [0.29, 0.717) is 18.0 Å². The van der Waals surface area contributed by atoms with Gasteiger partial charge in [-0.1, -0.05) is 0 Å². The summed E-state index contributed by atoms with van der Waals surface area (Å²) < 4.78 is 13.4. The molecule has 2 aliphatic rings. The number of amides is 2. The molecule has 1 fully saturated rings. The van der Waals surface area contributed by atoms with Crippen LogP contribution in [0.3, 0.4) is 0 Å². The molecule has 19 heavy (non-hydrogen) atoms. The second-order valence-corrected chi connectivity index (χ2v) is 5.06. The molecule has 1 saturated carbocycles. The Bertz CT molecular complexity index is 549. The van der Waals surface area contributed by atoms with Gasteiger partial charge in [0, 0.05) is 12.6 Å². The highest BCUT2D eigenvalue weighted by atomic mass is 19.1. The van der Waals surface area contributed by atoms with Gasteiger partial charge in [-0.15, -0.1) is 0 Å². The normalized spacial score (nSPS) is 22.8. The molecule has 3 rings (SSSR count). The number of nitrogens with zero attached hydrogens (tertiary/aromatic N) is 2. The highest BCUT2D eigenvalue weighted by Gasteiger charge is 2.38. The van der Waals surface area contributed by atoms with Gasteiger partial charge in [0.25, 0.3) is 0 Å². The molecule has 0 saturated heterocycles. The number of hydrogen-bond donors (Lipinski definition) is 2. The summed E-state index contributed by atoms with van der Waals surface area (Å²) in [6.07, 6.45) is 2.18. The van der Waals surface area contributed by atoms with E-state index >= 15 is 0 Å². The largest absolute Gasteiger partial charge is 0.508 e. The lowest BCUT2D eigenvalue weighted by Crippen LogP contribution is -2.34. The second kappa shape index (κ2) is 4.22. The van der Waals surface area contributed by atoms with Gasteiger partial charge in [-0.25, -0.2) is 9.18 Å². The first-order valence-corrected chi connectivity index (χ1v) is 6.18. The molecule has 100 valence electrons. The number of carbonyl (C=O) groups excluding carboxylic acids is 1. The van der Waals surface area contributed by atoms with E-state index in [1.807, 2.05) is 0 Å². The number of hydrogen-bond acceptors (Lipinski definition) is 3. The van der Waals surface area contributed by atoms with Gasteiger partial charge in [-0.05, 0) is 36.5 Å². The molecule has 6 heteroatoms. The van der Waals surface area contributed by atoms with Crippen molar-refractivity contribution in [3.8, 4) is 5.75 Å². The van der Waals surface area contributed by atoms with Crippen molar-refractivity contribution in [1.82, 2.24) is 4.90 Å². The predicted molar refractivity (Wildman–Crippen MR) is 67.3 cm³/mol. The maximum atomic E-state index is 13.4. The zero-order valence-electron chi connectivity index (χ0n) is 10.2. The average Bonchev–Trinajstić information content (AvgIpc) is 3.05. The third kappa shape index (κ3) is 2.25. The molecule has 0 spiro atoms. The van der Waals surface area contributed by atoms with Crippen LogP contribution in [0.4, 0.5) is 9.18 Å². The standard InChI is InChI=1S/C13H14FN3O2/c14-9-3-8(4-10(18)5-9)11-12(15)16-13(19)17(11)6-7-1-2-7/h3-5,7,11,18H,1-2,6H2,(H2,15,16,19). The topological polar surface area (TPSA) is 78.9 Å². The Morgan fingerprint density at radius 3 is 2.79 bits per heavy atom. The summed E-state index contributed by atoms with van der Waals surface area (Å²) in [6.45, 7) is 0.574. The van der Waals surface area contributed by atoms with Gasteiger partial charge < -0.3 is 15.7 Å². The Morgan fingerprint density at radius 1 is 1.42 bits per heavy atom. The molecule has 0 radical (unpaired) electrons. The molecule has 3 N–H and O–H groups in total. The number of amidine groups is 1. The summed E-state index contributed by atoms with van der Waals surface area (Å²) in [6, 6.07) is 2.73. The maximum absolute atomic E-state index is 13.4. The smallest absolute Gasteiger partial charge is 0.346 e. The fourth-order valence-corrected chi connectivity index (χ4v) is 2.37. The predicted octanol–water partition coefficient (Wildman–Crippen LogP) is 1.78.